The lowest BCUT2D eigenvalue weighted by atomic mass is 9.88. The molecule has 1 aromatic heterocycles. The number of aromatic nitrogens is 2. The highest BCUT2D eigenvalue weighted by Crippen LogP contribution is 2.58. The molecule has 3 aliphatic rings. The van der Waals surface area contributed by atoms with Crippen LogP contribution in [0.4, 0.5) is 4.39 Å². The van der Waals surface area contributed by atoms with E-state index in [4.69, 9.17) is 14.2 Å². The summed E-state index contributed by atoms with van der Waals surface area (Å²) in [5, 5.41) is 9.84. The molecule has 3 fully saturated rings. The van der Waals surface area contributed by atoms with Crippen LogP contribution in [0.1, 0.15) is 38.8 Å². The highest BCUT2D eigenvalue weighted by Gasteiger charge is 2.72. The maximum Gasteiger partial charge on any atom is 0.330 e. The van der Waals surface area contributed by atoms with Crippen molar-refractivity contribution in [3.63, 3.8) is 0 Å². The minimum atomic E-state index is -1.62. The maximum absolute atomic E-state index is 13.9. The molecule has 3 heterocycles. The number of nitrogens with zero attached hydrogens (tertiary/aromatic N) is 1. The van der Waals surface area contributed by atoms with Gasteiger partial charge in [-0.3, -0.25) is 14.3 Å². The molecule has 1 saturated carbocycles. The lowest BCUT2D eigenvalue weighted by Crippen LogP contribution is -2.51. The molecule has 2 N–H and O–H groups in total. The van der Waals surface area contributed by atoms with Crippen molar-refractivity contribution in [3.05, 3.63) is 33.1 Å². The molecular weight excluding hydrogens is 335 g/mol. The number of aliphatic hydroxyl groups excluding tert-OH is 1. The Hall–Kier alpha value is -1.55. The van der Waals surface area contributed by atoms with Crippen LogP contribution in [0.25, 0.3) is 0 Å². The molecule has 0 aromatic carbocycles. The minimum Gasteiger partial charge on any atom is -0.393 e. The number of hydrogen-bond donors (Lipinski definition) is 2. The Labute approximate surface area is 142 Å². The van der Waals surface area contributed by atoms with Crippen LogP contribution in [0.5, 0.6) is 0 Å². The van der Waals surface area contributed by atoms with E-state index in [1.807, 2.05) is 0 Å². The van der Waals surface area contributed by atoms with E-state index < -0.39 is 53.9 Å². The zero-order chi connectivity index (χ0) is 17.9. The molecule has 0 bridgehead atoms. The predicted molar refractivity (Wildman–Crippen MR) is 82.8 cm³/mol. The molecule has 4 rings (SSSR count). The molecule has 1 aliphatic carbocycles. The summed E-state index contributed by atoms with van der Waals surface area (Å²) in [7, 11) is 0. The molecule has 9 heteroatoms. The quantitative estimate of drug-likeness (QED) is 0.803. The van der Waals surface area contributed by atoms with Crippen molar-refractivity contribution in [1.29, 1.82) is 0 Å². The Kier molecular flexibility index (Phi) is 3.70. The summed E-state index contributed by atoms with van der Waals surface area (Å²) in [5.41, 5.74) is -4.04. The molecule has 25 heavy (non-hydrogen) atoms. The van der Waals surface area contributed by atoms with Gasteiger partial charge in [0.2, 0.25) is 0 Å². The summed E-state index contributed by atoms with van der Waals surface area (Å²) in [6.07, 6.45) is 2.55. The van der Waals surface area contributed by atoms with Crippen LogP contribution in [0, 0.1) is 0 Å². The van der Waals surface area contributed by atoms with Gasteiger partial charge in [0, 0.05) is 25.1 Å². The average Bonchev–Trinajstić information content (AvgIpc) is 3.21. The first-order valence-electron chi connectivity index (χ1n) is 8.42. The summed E-state index contributed by atoms with van der Waals surface area (Å²) in [6.45, 7) is 0.0929. The molecule has 0 amide bonds. The van der Waals surface area contributed by atoms with Crippen LogP contribution < -0.4 is 11.2 Å². The first kappa shape index (κ1) is 16.9. The smallest absolute Gasteiger partial charge is 0.330 e. The second-order valence-corrected chi connectivity index (χ2v) is 7.25. The third-order valence-electron chi connectivity index (χ3n) is 5.54. The van der Waals surface area contributed by atoms with E-state index in [0.29, 0.717) is 12.8 Å². The van der Waals surface area contributed by atoms with Crippen LogP contribution in [0.3, 0.4) is 0 Å². The third-order valence-corrected chi connectivity index (χ3v) is 5.54. The SMILES string of the molecule is C[C@@]12OC3(CCCC3)O[C@@H]1[C@](CO)(CF)O[C@H]2n1ccc(=O)[nH]c1=O. The lowest BCUT2D eigenvalue weighted by Gasteiger charge is -2.32. The first-order chi connectivity index (χ1) is 11.9. The molecule has 0 radical (unpaired) electrons. The van der Waals surface area contributed by atoms with Gasteiger partial charge in [-0.05, 0) is 19.8 Å². The number of rotatable bonds is 3. The Balaban J connectivity index is 1.82. The molecule has 8 nitrogen and oxygen atoms in total. The number of alkyl halides is 1. The van der Waals surface area contributed by atoms with Gasteiger partial charge in [0.15, 0.2) is 17.6 Å². The first-order valence-corrected chi connectivity index (χ1v) is 8.42. The van der Waals surface area contributed by atoms with Crippen LogP contribution >= 0.6 is 0 Å². The van der Waals surface area contributed by atoms with E-state index in [-0.39, 0.29) is 0 Å². The zero-order valence-corrected chi connectivity index (χ0v) is 13.9. The number of aromatic amines is 1. The van der Waals surface area contributed by atoms with Crippen molar-refractivity contribution >= 4 is 0 Å². The number of halogens is 1. The zero-order valence-electron chi connectivity index (χ0n) is 13.9. The molecule has 0 unspecified atom stereocenters. The van der Waals surface area contributed by atoms with Crippen LogP contribution in [0.2, 0.25) is 0 Å². The largest absolute Gasteiger partial charge is 0.393 e. The molecule has 4 atom stereocenters. The predicted octanol–water partition coefficient (Wildman–Crippen LogP) is 0.210. The van der Waals surface area contributed by atoms with E-state index in [0.717, 1.165) is 17.4 Å². The van der Waals surface area contributed by atoms with E-state index in [1.165, 1.54) is 12.3 Å². The summed E-state index contributed by atoms with van der Waals surface area (Å²) in [5.74, 6) is -0.844. The Morgan fingerprint density at radius 3 is 2.68 bits per heavy atom. The molecule has 1 spiro atoms. The monoisotopic (exact) mass is 356 g/mol. The highest BCUT2D eigenvalue weighted by molar-refractivity contribution is 5.14. The van der Waals surface area contributed by atoms with Crippen molar-refractivity contribution in [2.75, 3.05) is 13.3 Å². The molecule has 138 valence electrons. The van der Waals surface area contributed by atoms with Crippen molar-refractivity contribution in [1.82, 2.24) is 9.55 Å². The topological polar surface area (TPSA) is 103 Å². The average molecular weight is 356 g/mol. The van der Waals surface area contributed by atoms with Gasteiger partial charge in [-0.15, -0.1) is 0 Å². The van der Waals surface area contributed by atoms with Gasteiger partial charge in [0.1, 0.15) is 18.4 Å². The van der Waals surface area contributed by atoms with Crippen molar-refractivity contribution in [3.8, 4) is 0 Å². The van der Waals surface area contributed by atoms with Gasteiger partial charge in [0.05, 0.1) is 6.61 Å². The standard InChI is InChI=1S/C16H21FN2O6/c1-14-11(23-16(25-14)5-2-3-6-16)15(8-17,9-20)24-12(14)19-7-4-10(21)18-13(19)22/h4,7,11-12,20H,2-3,5-6,8-9H2,1H3,(H,18,21,22)/t11-,12+,14+,15+/m0/s1. The van der Waals surface area contributed by atoms with Crippen molar-refractivity contribution in [2.45, 2.75) is 61.9 Å². The van der Waals surface area contributed by atoms with Gasteiger partial charge in [-0.1, -0.05) is 0 Å². The maximum atomic E-state index is 13.9. The fraction of sp³-hybridized carbons (Fsp3) is 0.750. The number of aliphatic hydroxyl groups is 1. The van der Waals surface area contributed by atoms with E-state index in [1.54, 1.807) is 6.92 Å². The second-order valence-electron chi connectivity index (χ2n) is 7.25. The highest BCUT2D eigenvalue weighted by atomic mass is 19.1. The summed E-state index contributed by atoms with van der Waals surface area (Å²) < 4.78 is 33.2. The summed E-state index contributed by atoms with van der Waals surface area (Å²) in [6, 6.07) is 1.18. The molecule has 2 saturated heterocycles. The van der Waals surface area contributed by atoms with Gasteiger partial charge < -0.3 is 19.3 Å². The lowest BCUT2D eigenvalue weighted by molar-refractivity contribution is -0.253. The Morgan fingerprint density at radius 2 is 2.08 bits per heavy atom. The van der Waals surface area contributed by atoms with Crippen LogP contribution in [-0.4, -0.2) is 51.0 Å². The van der Waals surface area contributed by atoms with Crippen molar-refractivity contribution in [2.24, 2.45) is 0 Å². The summed E-state index contributed by atoms with van der Waals surface area (Å²) >= 11 is 0. The van der Waals surface area contributed by atoms with Crippen LogP contribution in [-0.2, 0) is 14.2 Å². The molecule has 1 aromatic rings. The molecule has 2 aliphatic heterocycles. The fourth-order valence-corrected chi connectivity index (χ4v) is 4.36. The Bertz CT molecular complexity index is 781. The van der Waals surface area contributed by atoms with E-state index in [9.17, 15) is 19.1 Å². The molecular formula is C16H21FN2O6. The van der Waals surface area contributed by atoms with Gasteiger partial charge in [0.25, 0.3) is 5.56 Å². The number of hydrogen-bond acceptors (Lipinski definition) is 6. The van der Waals surface area contributed by atoms with Gasteiger partial charge >= 0.3 is 5.69 Å². The number of nitrogens with one attached hydrogen (secondary N) is 1. The van der Waals surface area contributed by atoms with Gasteiger partial charge in [-0.2, -0.15) is 0 Å². The van der Waals surface area contributed by atoms with Gasteiger partial charge in [-0.25, -0.2) is 9.18 Å². The normalized spacial score (nSPS) is 39.2. The summed E-state index contributed by atoms with van der Waals surface area (Å²) in [4.78, 5) is 25.7. The number of H-pyrrole nitrogens is 1. The van der Waals surface area contributed by atoms with Crippen molar-refractivity contribution < 1.29 is 23.7 Å². The van der Waals surface area contributed by atoms with Crippen LogP contribution in [0.15, 0.2) is 21.9 Å². The fourth-order valence-electron chi connectivity index (χ4n) is 4.36. The number of ether oxygens (including phenoxy) is 3. The number of fused-ring (bicyclic) bond motifs is 1. The second kappa shape index (κ2) is 5.47. The Morgan fingerprint density at radius 1 is 1.36 bits per heavy atom. The van der Waals surface area contributed by atoms with E-state index in [2.05, 4.69) is 4.98 Å². The minimum absolute atomic E-state index is 0.546. The van der Waals surface area contributed by atoms with E-state index >= 15 is 0 Å². The third kappa shape index (κ3) is 2.26.